The van der Waals surface area contributed by atoms with Crippen molar-refractivity contribution in [3.8, 4) is 0 Å². The Kier molecular flexibility index (Phi) is 6.65. The van der Waals surface area contributed by atoms with E-state index < -0.39 is 30.3 Å². The maximum atomic E-state index is 12.2. The minimum atomic E-state index is -5.66. The third-order valence-corrected chi connectivity index (χ3v) is 2.56. The second kappa shape index (κ2) is 7.00. The van der Waals surface area contributed by atoms with Crippen molar-refractivity contribution in [3.05, 3.63) is 0 Å². The van der Waals surface area contributed by atoms with Crippen LogP contribution in [0.3, 0.4) is 0 Å². The summed E-state index contributed by atoms with van der Waals surface area (Å²) < 4.78 is 76.8. The van der Waals surface area contributed by atoms with Crippen molar-refractivity contribution in [1.29, 1.82) is 0 Å². The van der Waals surface area contributed by atoms with Crippen LogP contribution in [0.4, 0.5) is 26.3 Å². The van der Waals surface area contributed by atoms with Crippen LogP contribution < -0.4 is 0 Å². The van der Waals surface area contributed by atoms with E-state index in [1.807, 2.05) is 0 Å². The number of carbonyl (C=O) groups excluding carboxylic acids is 1. The van der Waals surface area contributed by atoms with Gasteiger partial charge in [-0.2, -0.15) is 26.3 Å². The number of hydrogen-bond acceptors (Lipinski definition) is 2. The van der Waals surface area contributed by atoms with E-state index in [4.69, 9.17) is 0 Å². The molecule has 19 heavy (non-hydrogen) atoms. The molecule has 0 bridgehead atoms. The summed E-state index contributed by atoms with van der Waals surface area (Å²) in [6, 6.07) is 0. The minimum absolute atomic E-state index is 0.140. The second-order valence-corrected chi connectivity index (χ2v) is 4.15. The molecule has 8 heteroatoms. The maximum Gasteiger partial charge on any atom is 0.434 e. The molecule has 114 valence electrons. The van der Waals surface area contributed by atoms with Crippen LogP contribution in [-0.4, -0.2) is 24.4 Å². The van der Waals surface area contributed by atoms with Crippen LogP contribution in [-0.2, 0) is 9.53 Å². The van der Waals surface area contributed by atoms with Crippen LogP contribution in [0.15, 0.2) is 0 Å². The molecule has 0 radical (unpaired) electrons. The topological polar surface area (TPSA) is 26.3 Å². The van der Waals surface area contributed by atoms with Gasteiger partial charge in [0.25, 0.3) is 6.10 Å². The number of hydrogen-bond donors (Lipinski definition) is 0. The number of esters is 1. The number of rotatable bonds is 6. The summed E-state index contributed by atoms with van der Waals surface area (Å²) in [5.74, 6) is -2.39. The number of carbonyl (C=O) groups is 1. The van der Waals surface area contributed by atoms with Crippen LogP contribution in [0.25, 0.3) is 0 Å². The first kappa shape index (κ1) is 18.0. The fourth-order valence-corrected chi connectivity index (χ4v) is 1.47. The molecule has 0 aromatic rings. The first-order chi connectivity index (χ1) is 8.54. The quantitative estimate of drug-likeness (QED) is 0.541. The molecule has 0 rings (SSSR count). The van der Waals surface area contributed by atoms with Gasteiger partial charge in [0.05, 0.1) is 5.92 Å². The third-order valence-electron chi connectivity index (χ3n) is 2.56. The van der Waals surface area contributed by atoms with Crippen LogP contribution in [0.2, 0.25) is 0 Å². The lowest BCUT2D eigenvalue weighted by Gasteiger charge is -2.24. The van der Waals surface area contributed by atoms with E-state index in [1.54, 1.807) is 6.92 Å². The molecule has 0 fully saturated rings. The lowest BCUT2D eigenvalue weighted by molar-refractivity contribution is -0.314. The molecule has 0 N–H and O–H groups in total. The minimum Gasteiger partial charge on any atom is -0.443 e. The molecule has 0 aromatic heterocycles. The van der Waals surface area contributed by atoms with E-state index in [0.29, 0.717) is 12.8 Å². The van der Waals surface area contributed by atoms with Crippen molar-refractivity contribution >= 4 is 5.97 Å². The summed E-state index contributed by atoms with van der Waals surface area (Å²) in [6.07, 6.45) is -13.8. The van der Waals surface area contributed by atoms with Gasteiger partial charge in [-0.3, -0.25) is 4.79 Å². The molecule has 2 nitrogen and oxygen atoms in total. The Morgan fingerprint density at radius 3 is 1.84 bits per heavy atom. The Labute approximate surface area is 107 Å². The van der Waals surface area contributed by atoms with Gasteiger partial charge in [-0.15, -0.1) is 0 Å². The molecule has 0 aromatic carbocycles. The number of halogens is 6. The number of alkyl halides is 6. The highest BCUT2D eigenvalue weighted by molar-refractivity contribution is 5.72. The van der Waals surface area contributed by atoms with E-state index in [9.17, 15) is 31.1 Å². The smallest absolute Gasteiger partial charge is 0.434 e. The highest BCUT2D eigenvalue weighted by Gasteiger charge is 2.60. The zero-order valence-electron chi connectivity index (χ0n) is 10.6. The summed E-state index contributed by atoms with van der Waals surface area (Å²) in [5.41, 5.74) is 0. The average molecular weight is 294 g/mol. The molecule has 0 amide bonds. The van der Waals surface area contributed by atoms with E-state index in [0.717, 1.165) is 0 Å². The summed E-state index contributed by atoms with van der Waals surface area (Å²) in [7, 11) is 0. The zero-order valence-corrected chi connectivity index (χ0v) is 10.6. The van der Waals surface area contributed by atoms with Crippen molar-refractivity contribution in [1.82, 2.24) is 0 Å². The van der Waals surface area contributed by atoms with Crippen molar-refractivity contribution < 1.29 is 35.9 Å². The molecular weight excluding hydrogens is 278 g/mol. The molecule has 0 aliphatic rings. The summed E-state index contributed by atoms with van der Waals surface area (Å²) in [5, 5.41) is 0. The molecule has 0 heterocycles. The Bertz CT molecular complexity index is 270. The summed E-state index contributed by atoms with van der Waals surface area (Å²) >= 11 is 0. The standard InChI is InChI=1S/C11H16F6O2/c1-3-5-6-7(4-2)8(18)19-9(10(12,13)14)11(15,16)17/h7,9H,3-6H2,1-2H3/t7-/m1/s1. The molecule has 1 atom stereocenters. The van der Waals surface area contributed by atoms with Gasteiger partial charge in [0, 0.05) is 0 Å². The second-order valence-electron chi connectivity index (χ2n) is 4.15. The normalized spacial score (nSPS) is 14.6. The molecular formula is C11H16F6O2. The van der Waals surface area contributed by atoms with Crippen LogP contribution in [0, 0.1) is 5.92 Å². The fraction of sp³-hybridized carbons (Fsp3) is 0.909. The average Bonchev–Trinajstić information content (AvgIpc) is 2.23. The Hall–Kier alpha value is -0.950. The van der Waals surface area contributed by atoms with Gasteiger partial charge in [-0.25, -0.2) is 0 Å². The van der Waals surface area contributed by atoms with Gasteiger partial charge in [-0.1, -0.05) is 26.7 Å². The predicted molar refractivity (Wildman–Crippen MR) is 55.3 cm³/mol. The molecule has 0 aliphatic heterocycles. The summed E-state index contributed by atoms with van der Waals surface area (Å²) in [6.45, 7) is 3.31. The highest BCUT2D eigenvalue weighted by Crippen LogP contribution is 2.36. The van der Waals surface area contributed by atoms with Crippen LogP contribution in [0.1, 0.15) is 39.5 Å². The van der Waals surface area contributed by atoms with Crippen molar-refractivity contribution in [2.24, 2.45) is 5.92 Å². The van der Waals surface area contributed by atoms with E-state index in [1.165, 1.54) is 6.92 Å². The van der Waals surface area contributed by atoms with E-state index >= 15 is 0 Å². The lowest BCUT2D eigenvalue weighted by atomic mass is 9.99. The Morgan fingerprint density at radius 2 is 1.53 bits per heavy atom. The molecule has 0 saturated carbocycles. The summed E-state index contributed by atoms with van der Waals surface area (Å²) in [4.78, 5) is 11.4. The predicted octanol–water partition coefficient (Wildman–Crippen LogP) is 4.24. The molecule has 0 aliphatic carbocycles. The molecule has 0 unspecified atom stereocenters. The van der Waals surface area contributed by atoms with Gasteiger partial charge >= 0.3 is 18.3 Å². The van der Waals surface area contributed by atoms with Gasteiger partial charge in [0.15, 0.2) is 0 Å². The monoisotopic (exact) mass is 294 g/mol. The number of unbranched alkanes of at least 4 members (excludes halogenated alkanes) is 1. The lowest BCUT2D eigenvalue weighted by Crippen LogP contribution is -2.46. The van der Waals surface area contributed by atoms with Crippen molar-refractivity contribution in [2.45, 2.75) is 58.0 Å². The van der Waals surface area contributed by atoms with E-state index in [-0.39, 0.29) is 12.8 Å². The first-order valence-corrected chi connectivity index (χ1v) is 5.87. The van der Waals surface area contributed by atoms with E-state index in [2.05, 4.69) is 4.74 Å². The fourth-order valence-electron chi connectivity index (χ4n) is 1.47. The molecule has 0 spiro atoms. The highest BCUT2D eigenvalue weighted by atomic mass is 19.4. The van der Waals surface area contributed by atoms with Gasteiger partial charge in [-0.05, 0) is 12.8 Å². The number of ether oxygens (including phenoxy) is 1. The Balaban J connectivity index is 4.80. The van der Waals surface area contributed by atoms with Crippen LogP contribution in [0.5, 0.6) is 0 Å². The Morgan fingerprint density at radius 1 is 1.05 bits per heavy atom. The SMILES string of the molecule is CCCC[C@@H](CC)C(=O)OC(C(F)(F)F)C(F)(F)F. The van der Waals surface area contributed by atoms with Gasteiger partial charge in [0.1, 0.15) is 0 Å². The third kappa shape index (κ3) is 6.15. The first-order valence-electron chi connectivity index (χ1n) is 5.87. The molecule has 0 saturated heterocycles. The largest absolute Gasteiger partial charge is 0.443 e. The maximum absolute atomic E-state index is 12.2. The van der Waals surface area contributed by atoms with Gasteiger partial charge in [0.2, 0.25) is 0 Å². The zero-order chi connectivity index (χ0) is 15.3. The van der Waals surface area contributed by atoms with Crippen LogP contribution >= 0.6 is 0 Å². The van der Waals surface area contributed by atoms with Gasteiger partial charge < -0.3 is 4.74 Å². The van der Waals surface area contributed by atoms with Crippen molar-refractivity contribution in [2.75, 3.05) is 0 Å². The van der Waals surface area contributed by atoms with Crippen molar-refractivity contribution in [3.63, 3.8) is 0 Å².